The number of sulfonamides is 1. The van der Waals surface area contributed by atoms with Crippen molar-refractivity contribution in [3.63, 3.8) is 0 Å². The van der Waals surface area contributed by atoms with Crippen LogP contribution in [0.4, 0.5) is 0 Å². The van der Waals surface area contributed by atoms with Crippen LogP contribution in [0.3, 0.4) is 0 Å². The van der Waals surface area contributed by atoms with Gasteiger partial charge in [-0.1, -0.05) is 48.5 Å². The molecule has 2 heterocycles. The number of para-hydroxylation sites is 1. The highest BCUT2D eigenvalue weighted by Crippen LogP contribution is 2.30. The van der Waals surface area contributed by atoms with Gasteiger partial charge in [-0.05, 0) is 37.0 Å². The van der Waals surface area contributed by atoms with Crippen LogP contribution in [-0.4, -0.2) is 49.0 Å². The minimum absolute atomic E-state index is 0.00863. The number of carbonyl (C=O) groups is 1. The molecule has 1 fully saturated rings. The number of hydrogen-bond acceptors (Lipinski definition) is 3. The van der Waals surface area contributed by atoms with E-state index < -0.39 is 10.0 Å². The van der Waals surface area contributed by atoms with Gasteiger partial charge in [-0.15, -0.1) is 0 Å². The number of aromatic nitrogens is 1. The van der Waals surface area contributed by atoms with Crippen molar-refractivity contribution in [3.8, 4) is 0 Å². The first-order chi connectivity index (χ1) is 15.0. The lowest BCUT2D eigenvalue weighted by Gasteiger charge is -2.30. The smallest absolute Gasteiger partial charge is 0.223 e. The molecule has 1 atom stereocenters. The number of carbonyl (C=O) groups excluding carboxylic acids is 1. The Balaban J connectivity index is 1.47. The topological polar surface area (TPSA) is 82.3 Å². The Bertz CT molecular complexity index is 1130. The number of rotatable bonds is 7. The largest absolute Gasteiger partial charge is 0.361 e. The van der Waals surface area contributed by atoms with Gasteiger partial charge in [0.25, 0.3) is 0 Å². The zero-order chi connectivity index (χ0) is 21.8. The second-order valence-corrected chi connectivity index (χ2v) is 10.3. The molecule has 3 aromatic rings. The van der Waals surface area contributed by atoms with E-state index in [1.165, 1.54) is 4.31 Å². The number of piperidine rings is 1. The maximum Gasteiger partial charge on any atom is 0.223 e. The van der Waals surface area contributed by atoms with E-state index in [1.807, 2.05) is 36.5 Å². The number of nitrogens with zero attached hydrogens (tertiary/aromatic N) is 1. The van der Waals surface area contributed by atoms with Gasteiger partial charge in [0.1, 0.15) is 0 Å². The molecule has 7 heteroatoms. The Morgan fingerprint density at radius 2 is 1.77 bits per heavy atom. The molecule has 2 aromatic carbocycles. The SMILES string of the molecule is CCS(=O)(=O)N1CCC(C(=O)NC[C@@H](c2ccccc2)c2c[nH]c3ccccc23)CC1. The van der Waals surface area contributed by atoms with E-state index in [-0.39, 0.29) is 23.5 Å². The third-order valence-electron chi connectivity index (χ3n) is 6.26. The molecule has 0 saturated carbocycles. The van der Waals surface area contributed by atoms with Gasteiger partial charge in [0, 0.05) is 48.6 Å². The highest BCUT2D eigenvalue weighted by molar-refractivity contribution is 7.89. The number of fused-ring (bicyclic) bond motifs is 1. The molecule has 1 aromatic heterocycles. The summed E-state index contributed by atoms with van der Waals surface area (Å²) in [6.07, 6.45) is 3.16. The Hall–Kier alpha value is -2.64. The molecule has 4 rings (SSSR count). The molecule has 2 N–H and O–H groups in total. The van der Waals surface area contributed by atoms with Crippen LogP contribution in [0.5, 0.6) is 0 Å². The van der Waals surface area contributed by atoms with E-state index in [0.717, 1.165) is 22.0 Å². The molecule has 1 aliphatic heterocycles. The zero-order valence-electron chi connectivity index (χ0n) is 17.8. The molecule has 0 unspecified atom stereocenters. The van der Waals surface area contributed by atoms with Crippen LogP contribution < -0.4 is 5.32 Å². The summed E-state index contributed by atoms with van der Waals surface area (Å²) in [5.41, 5.74) is 3.39. The van der Waals surface area contributed by atoms with Crippen LogP contribution in [0.2, 0.25) is 0 Å². The van der Waals surface area contributed by atoms with Gasteiger partial charge in [-0.3, -0.25) is 4.79 Å². The molecule has 31 heavy (non-hydrogen) atoms. The van der Waals surface area contributed by atoms with Gasteiger partial charge in [-0.25, -0.2) is 12.7 Å². The lowest BCUT2D eigenvalue weighted by Crippen LogP contribution is -2.44. The molecule has 1 amide bonds. The predicted octanol–water partition coefficient (Wildman–Crippen LogP) is 3.48. The second-order valence-electron chi connectivity index (χ2n) is 8.07. The van der Waals surface area contributed by atoms with Crippen LogP contribution in [-0.2, 0) is 14.8 Å². The predicted molar refractivity (Wildman–Crippen MR) is 123 cm³/mol. The lowest BCUT2D eigenvalue weighted by molar-refractivity contribution is -0.126. The number of benzene rings is 2. The summed E-state index contributed by atoms with van der Waals surface area (Å²) in [6, 6.07) is 18.4. The minimum atomic E-state index is -3.18. The number of H-pyrrole nitrogens is 1. The summed E-state index contributed by atoms with van der Waals surface area (Å²) in [4.78, 5) is 16.2. The lowest BCUT2D eigenvalue weighted by atomic mass is 9.90. The van der Waals surface area contributed by atoms with E-state index in [4.69, 9.17) is 0 Å². The average Bonchev–Trinajstić information content (AvgIpc) is 3.24. The summed E-state index contributed by atoms with van der Waals surface area (Å²) < 4.78 is 25.6. The van der Waals surface area contributed by atoms with Crippen molar-refractivity contribution in [1.29, 1.82) is 0 Å². The maximum atomic E-state index is 12.9. The van der Waals surface area contributed by atoms with Gasteiger partial charge >= 0.3 is 0 Å². The van der Waals surface area contributed by atoms with Crippen molar-refractivity contribution >= 4 is 26.8 Å². The Labute approximate surface area is 183 Å². The molecule has 0 radical (unpaired) electrons. The first-order valence-corrected chi connectivity index (χ1v) is 12.5. The maximum absolute atomic E-state index is 12.9. The quantitative estimate of drug-likeness (QED) is 0.591. The Morgan fingerprint density at radius 1 is 1.10 bits per heavy atom. The molecule has 6 nitrogen and oxygen atoms in total. The zero-order valence-corrected chi connectivity index (χ0v) is 18.6. The molecule has 0 bridgehead atoms. The van der Waals surface area contributed by atoms with E-state index in [1.54, 1.807) is 6.92 Å². The Kier molecular flexibility index (Phi) is 6.43. The molecular formula is C24H29N3O3S. The van der Waals surface area contributed by atoms with Gasteiger partial charge in [0.15, 0.2) is 0 Å². The number of amides is 1. The highest BCUT2D eigenvalue weighted by atomic mass is 32.2. The average molecular weight is 440 g/mol. The Morgan fingerprint density at radius 3 is 2.48 bits per heavy atom. The van der Waals surface area contributed by atoms with Gasteiger partial charge in [0.2, 0.25) is 15.9 Å². The van der Waals surface area contributed by atoms with Gasteiger partial charge < -0.3 is 10.3 Å². The normalized spacial score (nSPS) is 16.9. The van der Waals surface area contributed by atoms with Crippen LogP contribution >= 0.6 is 0 Å². The van der Waals surface area contributed by atoms with Crippen molar-refractivity contribution in [2.24, 2.45) is 5.92 Å². The summed E-state index contributed by atoms with van der Waals surface area (Å²) >= 11 is 0. The fraction of sp³-hybridized carbons (Fsp3) is 0.375. The number of hydrogen-bond donors (Lipinski definition) is 2. The monoisotopic (exact) mass is 439 g/mol. The van der Waals surface area contributed by atoms with Gasteiger partial charge in [-0.2, -0.15) is 0 Å². The third-order valence-corrected chi connectivity index (χ3v) is 8.14. The van der Waals surface area contributed by atoms with Crippen molar-refractivity contribution in [2.45, 2.75) is 25.7 Å². The van der Waals surface area contributed by atoms with E-state index in [2.05, 4.69) is 34.6 Å². The summed E-state index contributed by atoms with van der Waals surface area (Å²) in [7, 11) is -3.18. The van der Waals surface area contributed by atoms with E-state index in [9.17, 15) is 13.2 Å². The standard InChI is InChI=1S/C24H29N3O3S/c1-2-31(29,30)27-14-12-19(13-15-27)24(28)26-16-21(18-8-4-3-5-9-18)22-17-25-23-11-7-6-10-20(22)23/h3-11,17,19,21,25H,2,12-16H2,1H3,(H,26,28)/t21-/m0/s1. The first kappa shape index (κ1) is 21.6. The van der Waals surface area contributed by atoms with Crippen LogP contribution in [0.25, 0.3) is 10.9 Å². The number of nitrogens with one attached hydrogen (secondary N) is 2. The molecule has 164 valence electrons. The minimum Gasteiger partial charge on any atom is -0.361 e. The van der Waals surface area contributed by atoms with E-state index >= 15 is 0 Å². The third kappa shape index (κ3) is 4.67. The van der Waals surface area contributed by atoms with Crippen LogP contribution in [0.15, 0.2) is 60.8 Å². The molecule has 0 aliphatic carbocycles. The van der Waals surface area contributed by atoms with Crippen molar-refractivity contribution < 1.29 is 13.2 Å². The first-order valence-electron chi connectivity index (χ1n) is 10.9. The fourth-order valence-corrected chi connectivity index (χ4v) is 5.53. The summed E-state index contributed by atoms with van der Waals surface area (Å²) in [6.45, 7) is 2.98. The molecule has 1 saturated heterocycles. The summed E-state index contributed by atoms with van der Waals surface area (Å²) in [5.74, 6) is -0.00775. The second kappa shape index (κ2) is 9.24. The molecule has 0 spiro atoms. The van der Waals surface area contributed by atoms with Gasteiger partial charge in [0.05, 0.1) is 5.75 Å². The number of aromatic amines is 1. The van der Waals surface area contributed by atoms with Crippen LogP contribution in [0.1, 0.15) is 36.8 Å². The fourth-order valence-electron chi connectivity index (χ4n) is 4.40. The van der Waals surface area contributed by atoms with Crippen LogP contribution in [0, 0.1) is 5.92 Å². The highest BCUT2D eigenvalue weighted by Gasteiger charge is 2.30. The van der Waals surface area contributed by atoms with Crippen molar-refractivity contribution in [1.82, 2.24) is 14.6 Å². The van der Waals surface area contributed by atoms with E-state index in [0.29, 0.717) is 32.5 Å². The molecular weight excluding hydrogens is 410 g/mol. The molecule has 1 aliphatic rings. The summed E-state index contributed by atoms with van der Waals surface area (Å²) in [5, 5.41) is 4.31. The van der Waals surface area contributed by atoms with Crippen molar-refractivity contribution in [3.05, 3.63) is 71.9 Å². The van der Waals surface area contributed by atoms with Crippen molar-refractivity contribution in [2.75, 3.05) is 25.4 Å².